The number of hydrogen-bond donors (Lipinski definition) is 1. The zero-order valence-electron chi connectivity index (χ0n) is 12.4. The third kappa shape index (κ3) is 5.87. The lowest BCUT2D eigenvalue weighted by molar-refractivity contribution is 0.0492. The maximum Gasteiger partial charge on any atom is 0.203 e. The molecule has 0 fully saturated rings. The monoisotopic (exact) mass is 282 g/mol. The summed E-state index contributed by atoms with van der Waals surface area (Å²) in [6.07, 6.45) is 8.77. The molecule has 0 saturated carbocycles. The molecule has 0 aliphatic heterocycles. The van der Waals surface area contributed by atoms with Crippen LogP contribution in [0.3, 0.4) is 0 Å². The van der Waals surface area contributed by atoms with Crippen molar-refractivity contribution in [3.8, 4) is 0 Å². The van der Waals surface area contributed by atoms with Crippen molar-refractivity contribution in [3.05, 3.63) is 21.9 Å². The van der Waals surface area contributed by atoms with Gasteiger partial charge in [-0.15, -0.1) is 11.3 Å². The number of rotatable bonds is 9. The third-order valence-corrected chi connectivity index (χ3v) is 4.23. The highest BCUT2D eigenvalue weighted by Gasteiger charge is 2.26. The maximum absolute atomic E-state index is 11.9. The standard InChI is InChI=1S/C16H26O2S/c1-4-5-6-7-8-9-10-13-11-14(19-12-13)15(17)16(2,3)18/h11-12,18H,4-10H2,1-3H3. The number of hydrogen-bond acceptors (Lipinski definition) is 3. The normalized spacial score (nSPS) is 11.8. The molecule has 1 heterocycles. The molecule has 1 N–H and O–H groups in total. The van der Waals surface area contributed by atoms with Gasteiger partial charge in [0.2, 0.25) is 5.78 Å². The van der Waals surface area contributed by atoms with Gasteiger partial charge < -0.3 is 5.11 Å². The Balaban J connectivity index is 2.33. The van der Waals surface area contributed by atoms with Crippen LogP contribution in [0.5, 0.6) is 0 Å². The van der Waals surface area contributed by atoms with E-state index in [-0.39, 0.29) is 5.78 Å². The Labute approximate surface area is 120 Å². The van der Waals surface area contributed by atoms with E-state index < -0.39 is 5.60 Å². The van der Waals surface area contributed by atoms with Crippen molar-refractivity contribution in [3.63, 3.8) is 0 Å². The Kier molecular flexibility index (Phi) is 6.73. The average Bonchev–Trinajstić information content (AvgIpc) is 2.80. The number of Topliss-reactive ketones (excluding diaryl/α,β-unsaturated/α-hetero) is 1. The highest BCUT2D eigenvalue weighted by molar-refractivity contribution is 7.12. The zero-order chi connectivity index (χ0) is 14.3. The molecule has 0 unspecified atom stereocenters. The molecular formula is C16H26O2S. The summed E-state index contributed by atoms with van der Waals surface area (Å²) in [5.41, 5.74) is -0.0319. The van der Waals surface area contributed by atoms with Crippen molar-refractivity contribution in [2.24, 2.45) is 0 Å². The summed E-state index contributed by atoms with van der Waals surface area (Å²) < 4.78 is 0. The highest BCUT2D eigenvalue weighted by atomic mass is 32.1. The zero-order valence-corrected chi connectivity index (χ0v) is 13.2. The lowest BCUT2D eigenvalue weighted by Gasteiger charge is -2.13. The molecule has 1 aromatic heterocycles. The fraction of sp³-hybridized carbons (Fsp3) is 0.688. The van der Waals surface area contributed by atoms with E-state index in [1.165, 1.54) is 55.4 Å². The first kappa shape index (κ1) is 16.4. The van der Waals surface area contributed by atoms with Crippen LogP contribution < -0.4 is 0 Å². The molecule has 0 aliphatic rings. The average molecular weight is 282 g/mol. The van der Waals surface area contributed by atoms with Gasteiger partial charge in [0.25, 0.3) is 0 Å². The van der Waals surface area contributed by atoms with Gasteiger partial charge in [-0.2, -0.15) is 0 Å². The first-order chi connectivity index (χ1) is 8.95. The summed E-state index contributed by atoms with van der Waals surface area (Å²) in [5.74, 6) is -0.174. The van der Waals surface area contributed by atoms with Gasteiger partial charge in [-0.05, 0) is 43.7 Å². The summed E-state index contributed by atoms with van der Waals surface area (Å²) >= 11 is 1.45. The number of ketones is 1. The molecule has 0 bridgehead atoms. The number of thiophene rings is 1. The number of carbonyl (C=O) groups is 1. The van der Waals surface area contributed by atoms with E-state index in [0.29, 0.717) is 4.88 Å². The van der Waals surface area contributed by atoms with Crippen molar-refractivity contribution in [1.82, 2.24) is 0 Å². The molecule has 0 radical (unpaired) electrons. The minimum Gasteiger partial charge on any atom is -0.382 e. The van der Waals surface area contributed by atoms with E-state index in [9.17, 15) is 9.90 Å². The van der Waals surface area contributed by atoms with Crippen molar-refractivity contribution in [2.75, 3.05) is 0 Å². The first-order valence-electron chi connectivity index (χ1n) is 7.29. The van der Waals surface area contributed by atoms with Gasteiger partial charge in [-0.25, -0.2) is 0 Å². The van der Waals surface area contributed by atoms with Crippen LogP contribution in [-0.2, 0) is 6.42 Å². The van der Waals surface area contributed by atoms with Crippen molar-refractivity contribution in [1.29, 1.82) is 0 Å². The number of unbranched alkanes of at least 4 members (excludes halogenated alkanes) is 5. The Morgan fingerprint density at radius 3 is 2.47 bits per heavy atom. The van der Waals surface area contributed by atoms with Crippen LogP contribution >= 0.6 is 11.3 Å². The van der Waals surface area contributed by atoms with E-state index in [1.807, 2.05) is 11.4 Å². The summed E-state index contributed by atoms with van der Waals surface area (Å²) in [5, 5.41) is 11.7. The quantitative estimate of drug-likeness (QED) is 0.530. The molecule has 1 aromatic rings. The van der Waals surface area contributed by atoms with E-state index >= 15 is 0 Å². The lowest BCUT2D eigenvalue weighted by atomic mass is 10.0. The van der Waals surface area contributed by atoms with Crippen LogP contribution in [0.1, 0.15) is 74.5 Å². The smallest absolute Gasteiger partial charge is 0.203 e. The van der Waals surface area contributed by atoms with Gasteiger partial charge in [-0.1, -0.05) is 39.0 Å². The van der Waals surface area contributed by atoms with Gasteiger partial charge in [0.1, 0.15) is 5.60 Å². The molecule has 0 amide bonds. The van der Waals surface area contributed by atoms with Crippen molar-refractivity contribution < 1.29 is 9.90 Å². The van der Waals surface area contributed by atoms with Crippen LogP contribution in [0.2, 0.25) is 0 Å². The van der Waals surface area contributed by atoms with E-state index in [0.717, 1.165) is 6.42 Å². The van der Waals surface area contributed by atoms with Gasteiger partial charge in [-0.3, -0.25) is 4.79 Å². The Morgan fingerprint density at radius 2 is 1.84 bits per heavy atom. The molecule has 0 aromatic carbocycles. The van der Waals surface area contributed by atoms with Crippen LogP contribution in [0.15, 0.2) is 11.4 Å². The first-order valence-corrected chi connectivity index (χ1v) is 8.17. The van der Waals surface area contributed by atoms with E-state index in [1.54, 1.807) is 13.8 Å². The molecule has 2 nitrogen and oxygen atoms in total. The van der Waals surface area contributed by atoms with Crippen LogP contribution in [0.25, 0.3) is 0 Å². The van der Waals surface area contributed by atoms with Crippen LogP contribution in [0, 0.1) is 0 Å². The Hall–Kier alpha value is -0.670. The summed E-state index contributed by atoms with van der Waals surface area (Å²) in [6.45, 7) is 5.32. The molecule has 19 heavy (non-hydrogen) atoms. The number of carbonyl (C=O) groups excluding carboxylic acids is 1. The third-order valence-electron chi connectivity index (χ3n) is 3.25. The second kappa shape index (κ2) is 7.81. The van der Waals surface area contributed by atoms with Gasteiger partial charge in [0.15, 0.2) is 0 Å². The molecule has 0 saturated heterocycles. The number of aryl methyl sites for hydroxylation is 1. The topological polar surface area (TPSA) is 37.3 Å². The van der Waals surface area contributed by atoms with Crippen molar-refractivity contribution in [2.45, 2.75) is 71.3 Å². The lowest BCUT2D eigenvalue weighted by Crippen LogP contribution is -2.30. The Morgan fingerprint density at radius 1 is 1.21 bits per heavy atom. The minimum absolute atomic E-state index is 0.174. The SMILES string of the molecule is CCCCCCCCc1csc(C(=O)C(C)(C)O)c1. The Bertz CT molecular complexity index is 388. The highest BCUT2D eigenvalue weighted by Crippen LogP contribution is 2.22. The second-order valence-corrected chi connectivity index (χ2v) is 6.64. The molecular weight excluding hydrogens is 256 g/mol. The van der Waals surface area contributed by atoms with Gasteiger partial charge >= 0.3 is 0 Å². The fourth-order valence-corrected chi connectivity index (χ4v) is 3.08. The fourth-order valence-electron chi connectivity index (χ4n) is 2.04. The van der Waals surface area contributed by atoms with E-state index in [2.05, 4.69) is 6.92 Å². The minimum atomic E-state index is -1.26. The maximum atomic E-state index is 11.9. The summed E-state index contributed by atoms with van der Waals surface area (Å²) in [7, 11) is 0. The van der Waals surface area contributed by atoms with E-state index in [4.69, 9.17) is 0 Å². The predicted octanol–water partition coefficient (Wildman–Crippen LogP) is 4.60. The summed E-state index contributed by atoms with van der Waals surface area (Å²) in [4.78, 5) is 12.6. The van der Waals surface area contributed by atoms with Gasteiger partial charge in [0.05, 0.1) is 4.88 Å². The molecule has 0 aliphatic carbocycles. The number of aliphatic hydroxyl groups is 1. The van der Waals surface area contributed by atoms with Crippen molar-refractivity contribution >= 4 is 17.1 Å². The molecule has 1 rings (SSSR count). The summed E-state index contributed by atoms with van der Waals surface area (Å²) in [6, 6.07) is 1.94. The molecule has 108 valence electrons. The molecule has 0 atom stereocenters. The second-order valence-electron chi connectivity index (χ2n) is 5.73. The predicted molar refractivity (Wildman–Crippen MR) is 82.0 cm³/mol. The largest absolute Gasteiger partial charge is 0.382 e. The molecule has 0 spiro atoms. The van der Waals surface area contributed by atoms with Gasteiger partial charge in [0, 0.05) is 0 Å². The van der Waals surface area contributed by atoms with Crippen LogP contribution in [-0.4, -0.2) is 16.5 Å². The van der Waals surface area contributed by atoms with Crippen LogP contribution in [0.4, 0.5) is 0 Å². The molecule has 3 heteroatoms.